The van der Waals surface area contributed by atoms with Crippen LogP contribution in [-0.4, -0.2) is 37.6 Å². The van der Waals surface area contributed by atoms with Gasteiger partial charge in [-0.2, -0.15) is 0 Å². The second-order valence-corrected chi connectivity index (χ2v) is 7.47. The van der Waals surface area contributed by atoms with E-state index in [1.807, 2.05) is 0 Å². The van der Waals surface area contributed by atoms with E-state index in [4.69, 9.17) is 23.2 Å². The molecule has 0 atom stereocenters. The van der Waals surface area contributed by atoms with Gasteiger partial charge in [-0.15, -0.1) is 0 Å². The fraction of sp³-hybridized carbons (Fsp3) is 0.455. The molecule has 1 heterocycles. The number of amides is 1. The average molecular weight is 340 g/mol. The van der Waals surface area contributed by atoms with E-state index >= 15 is 0 Å². The van der Waals surface area contributed by atoms with Gasteiger partial charge in [0.15, 0.2) is 0 Å². The first kappa shape index (κ1) is 17.2. The summed E-state index contributed by atoms with van der Waals surface area (Å²) in [7, 11) is -3.37. The van der Waals surface area contributed by atoms with Gasteiger partial charge in [0.2, 0.25) is 10.0 Å². The summed E-state index contributed by atoms with van der Waals surface area (Å²) in [6, 6.07) is 1.34. The predicted octanol–water partition coefficient (Wildman–Crippen LogP) is 1.45. The molecule has 20 heavy (non-hydrogen) atoms. The summed E-state index contributed by atoms with van der Waals surface area (Å²) >= 11 is 11.6. The summed E-state index contributed by atoms with van der Waals surface area (Å²) in [5.41, 5.74) is -0.645. The third-order valence-corrected chi connectivity index (χ3v) is 3.65. The van der Waals surface area contributed by atoms with E-state index in [0.29, 0.717) is 0 Å². The van der Waals surface area contributed by atoms with Crippen molar-refractivity contribution in [2.24, 2.45) is 0 Å². The number of halogens is 2. The highest BCUT2D eigenvalue weighted by Crippen LogP contribution is 2.18. The number of aromatic nitrogens is 1. The molecule has 1 amide bonds. The smallest absolute Gasteiger partial charge is 0.253 e. The molecule has 0 fully saturated rings. The molecule has 0 radical (unpaired) electrons. The maximum absolute atomic E-state index is 12.0. The lowest BCUT2D eigenvalue weighted by Gasteiger charge is -2.25. The monoisotopic (exact) mass is 339 g/mol. The molecule has 9 heteroatoms. The number of pyridine rings is 1. The standard InChI is InChI=1S/C11H15Cl2N3O3S/c1-11(2,16-20(3,18)19)6-15-10(17)7-4-9(13)14-5-8(7)12/h4-5,16H,6H2,1-3H3,(H,15,17). The summed E-state index contributed by atoms with van der Waals surface area (Å²) in [5.74, 6) is -0.456. The van der Waals surface area contributed by atoms with Gasteiger partial charge in [-0.3, -0.25) is 4.79 Å². The first-order valence-electron chi connectivity index (χ1n) is 5.58. The van der Waals surface area contributed by atoms with Gasteiger partial charge in [0.25, 0.3) is 5.91 Å². The average Bonchev–Trinajstić information content (AvgIpc) is 2.26. The Hall–Kier alpha value is -0.890. The molecule has 0 saturated carbocycles. The maximum atomic E-state index is 12.0. The predicted molar refractivity (Wildman–Crippen MR) is 78.6 cm³/mol. The number of hydrogen-bond acceptors (Lipinski definition) is 4. The van der Waals surface area contributed by atoms with Crippen molar-refractivity contribution in [1.82, 2.24) is 15.0 Å². The molecular weight excluding hydrogens is 325 g/mol. The van der Waals surface area contributed by atoms with E-state index in [1.54, 1.807) is 13.8 Å². The number of nitrogens with zero attached hydrogens (tertiary/aromatic N) is 1. The van der Waals surface area contributed by atoms with E-state index in [0.717, 1.165) is 6.26 Å². The molecule has 0 spiro atoms. The molecule has 0 saturated heterocycles. The molecule has 0 aliphatic rings. The van der Waals surface area contributed by atoms with Crippen LogP contribution in [-0.2, 0) is 10.0 Å². The molecule has 1 aromatic heterocycles. The lowest BCUT2D eigenvalue weighted by atomic mass is 10.1. The maximum Gasteiger partial charge on any atom is 0.253 e. The Labute approximate surface area is 127 Å². The van der Waals surface area contributed by atoms with Crippen LogP contribution in [0.3, 0.4) is 0 Å². The Bertz CT molecular complexity index is 617. The third kappa shape index (κ3) is 5.62. The van der Waals surface area contributed by atoms with E-state index in [-0.39, 0.29) is 22.3 Å². The van der Waals surface area contributed by atoms with Crippen LogP contribution in [0.15, 0.2) is 12.3 Å². The van der Waals surface area contributed by atoms with E-state index < -0.39 is 21.5 Å². The van der Waals surface area contributed by atoms with Crippen LogP contribution < -0.4 is 10.0 Å². The zero-order chi connectivity index (χ0) is 15.6. The van der Waals surface area contributed by atoms with Gasteiger partial charge in [0.05, 0.1) is 16.8 Å². The molecule has 1 rings (SSSR count). The van der Waals surface area contributed by atoms with Crippen LogP contribution in [0.5, 0.6) is 0 Å². The highest BCUT2D eigenvalue weighted by molar-refractivity contribution is 7.88. The first-order chi connectivity index (χ1) is 9.00. The van der Waals surface area contributed by atoms with Gasteiger partial charge in [-0.25, -0.2) is 18.1 Å². The SMILES string of the molecule is CC(C)(CNC(=O)c1cc(Cl)ncc1Cl)NS(C)(=O)=O. The summed E-state index contributed by atoms with van der Waals surface area (Å²) in [6.45, 7) is 3.39. The van der Waals surface area contributed by atoms with Crippen LogP contribution in [0.25, 0.3) is 0 Å². The van der Waals surface area contributed by atoms with Gasteiger partial charge < -0.3 is 5.32 Å². The molecule has 0 aromatic carbocycles. The number of carbonyl (C=O) groups is 1. The van der Waals surface area contributed by atoms with Crippen molar-refractivity contribution >= 4 is 39.1 Å². The van der Waals surface area contributed by atoms with Crippen molar-refractivity contribution in [1.29, 1.82) is 0 Å². The topological polar surface area (TPSA) is 88.2 Å². The van der Waals surface area contributed by atoms with Crippen LogP contribution in [0.4, 0.5) is 0 Å². The van der Waals surface area contributed by atoms with Crippen LogP contribution in [0.1, 0.15) is 24.2 Å². The van der Waals surface area contributed by atoms with Crippen molar-refractivity contribution in [3.05, 3.63) is 28.0 Å². The molecule has 0 unspecified atom stereocenters. The number of nitrogens with one attached hydrogen (secondary N) is 2. The first-order valence-corrected chi connectivity index (χ1v) is 8.23. The second-order valence-electron chi connectivity index (χ2n) is 4.93. The minimum atomic E-state index is -3.37. The fourth-order valence-electron chi connectivity index (χ4n) is 1.52. The molecule has 6 nitrogen and oxygen atoms in total. The molecular formula is C11H15Cl2N3O3S. The number of sulfonamides is 1. The summed E-state index contributed by atoms with van der Waals surface area (Å²) in [5, 5.41) is 2.91. The molecule has 0 bridgehead atoms. The molecule has 1 aromatic rings. The zero-order valence-electron chi connectivity index (χ0n) is 11.2. The number of hydrogen-bond donors (Lipinski definition) is 2. The quantitative estimate of drug-likeness (QED) is 0.794. The Morgan fingerprint density at radius 3 is 2.55 bits per heavy atom. The molecule has 112 valence electrons. The van der Waals surface area contributed by atoms with Crippen molar-refractivity contribution in [3.63, 3.8) is 0 Å². The van der Waals surface area contributed by atoms with Crippen LogP contribution >= 0.6 is 23.2 Å². The second kappa shape index (κ2) is 6.26. The third-order valence-electron chi connectivity index (χ3n) is 2.22. The molecule has 0 aliphatic heterocycles. The minimum absolute atomic E-state index is 0.0924. The van der Waals surface area contributed by atoms with Crippen molar-refractivity contribution in [2.75, 3.05) is 12.8 Å². The minimum Gasteiger partial charge on any atom is -0.350 e. The fourth-order valence-corrected chi connectivity index (χ4v) is 2.94. The normalized spacial score (nSPS) is 12.2. The highest BCUT2D eigenvalue weighted by Gasteiger charge is 2.23. The van der Waals surface area contributed by atoms with Crippen molar-refractivity contribution < 1.29 is 13.2 Å². The largest absolute Gasteiger partial charge is 0.350 e. The summed E-state index contributed by atoms with van der Waals surface area (Å²) in [6.07, 6.45) is 2.33. The van der Waals surface area contributed by atoms with Crippen molar-refractivity contribution in [2.45, 2.75) is 19.4 Å². The lowest BCUT2D eigenvalue weighted by molar-refractivity contribution is 0.0944. The van der Waals surface area contributed by atoms with Gasteiger partial charge in [-0.05, 0) is 19.9 Å². The lowest BCUT2D eigenvalue weighted by Crippen LogP contribution is -2.51. The molecule has 2 N–H and O–H groups in total. The van der Waals surface area contributed by atoms with Crippen LogP contribution in [0.2, 0.25) is 10.2 Å². The number of rotatable bonds is 5. The van der Waals surface area contributed by atoms with Crippen LogP contribution in [0, 0.1) is 0 Å². The van der Waals surface area contributed by atoms with Gasteiger partial charge in [-0.1, -0.05) is 23.2 Å². The number of carbonyl (C=O) groups excluding carboxylic acids is 1. The van der Waals surface area contributed by atoms with E-state index in [1.165, 1.54) is 12.3 Å². The van der Waals surface area contributed by atoms with Gasteiger partial charge in [0.1, 0.15) is 5.15 Å². The summed E-state index contributed by atoms with van der Waals surface area (Å²) < 4.78 is 24.8. The Kier molecular flexibility index (Phi) is 5.37. The van der Waals surface area contributed by atoms with Gasteiger partial charge in [0, 0.05) is 18.3 Å². The van der Waals surface area contributed by atoms with Crippen molar-refractivity contribution in [3.8, 4) is 0 Å². The zero-order valence-corrected chi connectivity index (χ0v) is 13.5. The highest BCUT2D eigenvalue weighted by atomic mass is 35.5. The Morgan fingerprint density at radius 1 is 1.40 bits per heavy atom. The Morgan fingerprint density at radius 2 is 2.00 bits per heavy atom. The Balaban J connectivity index is 2.75. The van der Waals surface area contributed by atoms with E-state index in [2.05, 4.69) is 15.0 Å². The van der Waals surface area contributed by atoms with Gasteiger partial charge >= 0.3 is 0 Å². The van der Waals surface area contributed by atoms with E-state index in [9.17, 15) is 13.2 Å². The summed E-state index contributed by atoms with van der Waals surface area (Å²) in [4.78, 5) is 15.7. The molecule has 0 aliphatic carbocycles.